The lowest BCUT2D eigenvalue weighted by Gasteiger charge is -2.22. The number of likely N-dealkylation sites (N-methyl/N-ethyl adjacent to an activating group) is 2. The summed E-state index contributed by atoms with van der Waals surface area (Å²) in [6, 6.07) is 18.4. The van der Waals surface area contributed by atoms with Crippen molar-refractivity contribution in [2.75, 3.05) is 23.9 Å². The molecule has 0 heterocycles. The SMILES string of the molecule is C=CCC(=C=C(C(=O)N(C)c1ccccc1)C(=O)N(C)c1ccccc1)CC=C. The minimum absolute atomic E-state index is 0.0265. The molecule has 0 unspecified atom stereocenters. The van der Waals surface area contributed by atoms with Crippen molar-refractivity contribution in [3.05, 3.63) is 103 Å². The van der Waals surface area contributed by atoms with Gasteiger partial charge in [-0.05, 0) is 42.7 Å². The zero-order chi connectivity index (χ0) is 21.2. The number of benzene rings is 2. The van der Waals surface area contributed by atoms with Crippen molar-refractivity contribution < 1.29 is 9.59 Å². The van der Waals surface area contributed by atoms with Crippen LogP contribution >= 0.6 is 0 Å². The Bertz CT molecular complexity index is 868. The molecule has 2 aromatic carbocycles. The summed E-state index contributed by atoms with van der Waals surface area (Å²) >= 11 is 0. The van der Waals surface area contributed by atoms with Crippen LogP contribution in [-0.4, -0.2) is 25.9 Å². The van der Waals surface area contributed by atoms with Crippen molar-refractivity contribution >= 4 is 23.2 Å². The van der Waals surface area contributed by atoms with E-state index < -0.39 is 11.8 Å². The lowest BCUT2D eigenvalue weighted by atomic mass is 10.1. The first-order valence-electron chi connectivity index (χ1n) is 9.36. The Morgan fingerprint density at radius 3 is 1.52 bits per heavy atom. The van der Waals surface area contributed by atoms with Gasteiger partial charge < -0.3 is 9.80 Å². The molecule has 0 saturated heterocycles. The van der Waals surface area contributed by atoms with E-state index in [1.807, 2.05) is 60.7 Å². The van der Waals surface area contributed by atoms with Gasteiger partial charge in [-0.25, -0.2) is 0 Å². The lowest BCUT2D eigenvalue weighted by molar-refractivity contribution is -0.120. The zero-order valence-electron chi connectivity index (χ0n) is 17.0. The second kappa shape index (κ2) is 10.6. The van der Waals surface area contributed by atoms with Gasteiger partial charge in [0, 0.05) is 25.5 Å². The Morgan fingerprint density at radius 1 is 0.793 bits per heavy atom. The van der Waals surface area contributed by atoms with Crippen LogP contribution in [-0.2, 0) is 9.59 Å². The fourth-order valence-electron chi connectivity index (χ4n) is 2.78. The van der Waals surface area contributed by atoms with Crippen LogP contribution in [0.1, 0.15) is 12.8 Å². The average molecular weight is 386 g/mol. The summed E-state index contributed by atoms with van der Waals surface area (Å²) in [6.45, 7) is 7.50. The van der Waals surface area contributed by atoms with E-state index in [9.17, 15) is 9.59 Å². The number of rotatable bonds is 8. The maximum absolute atomic E-state index is 13.3. The van der Waals surface area contributed by atoms with Gasteiger partial charge in [0.2, 0.25) is 0 Å². The third-order valence-corrected chi connectivity index (χ3v) is 4.41. The normalized spacial score (nSPS) is 9.72. The molecule has 0 aromatic heterocycles. The molecule has 2 aromatic rings. The number of carbonyl (C=O) groups excluding carboxylic acids is 2. The van der Waals surface area contributed by atoms with Crippen molar-refractivity contribution in [3.63, 3.8) is 0 Å². The molecule has 0 atom stereocenters. The second-order valence-electron chi connectivity index (χ2n) is 6.49. The summed E-state index contributed by atoms with van der Waals surface area (Å²) in [5, 5.41) is 0. The van der Waals surface area contributed by atoms with Gasteiger partial charge in [-0.15, -0.1) is 18.9 Å². The van der Waals surface area contributed by atoms with Crippen LogP contribution in [0.25, 0.3) is 0 Å². The van der Waals surface area contributed by atoms with Crippen molar-refractivity contribution in [3.8, 4) is 0 Å². The third kappa shape index (κ3) is 5.68. The molecule has 0 aliphatic heterocycles. The Morgan fingerprint density at radius 2 is 1.17 bits per heavy atom. The Balaban J connectivity index is 2.54. The van der Waals surface area contributed by atoms with Gasteiger partial charge in [-0.3, -0.25) is 9.59 Å². The zero-order valence-corrected chi connectivity index (χ0v) is 17.0. The number of hydrogen-bond donors (Lipinski definition) is 0. The average Bonchev–Trinajstić information content (AvgIpc) is 2.77. The van der Waals surface area contributed by atoms with Crippen LogP contribution in [0.4, 0.5) is 11.4 Å². The highest BCUT2D eigenvalue weighted by Crippen LogP contribution is 2.19. The summed E-state index contributed by atoms with van der Waals surface area (Å²) in [5.74, 6) is -0.843. The van der Waals surface area contributed by atoms with E-state index in [1.54, 1.807) is 26.2 Å². The molecule has 0 radical (unpaired) electrons. The van der Waals surface area contributed by atoms with Gasteiger partial charge in [0.05, 0.1) is 0 Å². The van der Waals surface area contributed by atoms with Gasteiger partial charge in [0.15, 0.2) is 0 Å². The topological polar surface area (TPSA) is 40.6 Å². The maximum atomic E-state index is 13.3. The van der Waals surface area contributed by atoms with Crippen LogP contribution in [0.3, 0.4) is 0 Å². The van der Waals surface area contributed by atoms with E-state index in [0.717, 1.165) is 5.57 Å². The van der Waals surface area contributed by atoms with Crippen molar-refractivity contribution in [2.24, 2.45) is 0 Å². The highest BCUT2D eigenvalue weighted by molar-refractivity contribution is 6.27. The van der Waals surface area contributed by atoms with Crippen LogP contribution in [0.15, 0.2) is 103 Å². The fourth-order valence-corrected chi connectivity index (χ4v) is 2.78. The summed E-state index contributed by atoms with van der Waals surface area (Å²) in [7, 11) is 3.30. The Labute approximate surface area is 172 Å². The number of allylic oxidation sites excluding steroid dienone is 2. The smallest absolute Gasteiger partial charge is 0.271 e. The number of amides is 2. The van der Waals surface area contributed by atoms with Gasteiger partial charge >= 0.3 is 0 Å². The van der Waals surface area contributed by atoms with E-state index in [0.29, 0.717) is 24.2 Å². The molecule has 4 nitrogen and oxygen atoms in total. The van der Waals surface area contributed by atoms with E-state index in [4.69, 9.17) is 0 Å². The molecular formula is C25H26N2O2. The largest absolute Gasteiger partial charge is 0.311 e. The monoisotopic (exact) mass is 386 g/mol. The molecule has 0 fully saturated rings. The summed E-state index contributed by atoms with van der Waals surface area (Å²) in [6.07, 6.45) is 4.47. The molecule has 0 aliphatic rings. The molecule has 0 aliphatic carbocycles. The van der Waals surface area contributed by atoms with E-state index in [1.165, 1.54) is 9.80 Å². The Kier molecular flexibility index (Phi) is 7.96. The minimum atomic E-state index is -0.422. The molecule has 0 N–H and O–H groups in total. The van der Waals surface area contributed by atoms with Gasteiger partial charge in [-0.2, -0.15) is 0 Å². The molecule has 0 saturated carbocycles. The summed E-state index contributed by atoms with van der Waals surface area (Å²) in [5.41, 5.74) is 5.20. The molecule has 148 valence electrons. The predicted octanol–water partition coefficient (Wildman–Crippen LogP) is 4.92. The molecule has 2 rings (SSSR count). The maximum Gasteiger partial charge on any atom is 0.271 e. The van der Waals surface area contributed by atoms with Crippen molar-refractivity contribution in [1.82, 2.24) is 0 Å². The third-order valence-electron chi connectivity index (χ3n) is 4.41. The fraction of sp³-hybridized carbons (Fsp3) is 0.160. The molecule has 4 heteroatoms. The minimum Gasteiger partial charge on any atom is -0.311 e. The summed E-state index contributed by atoms with van der Waals surface area (Å²) < 4.78 is 0. The lowest BCUT2D eigenvalue weighted by Crippen LogP contribution is -2.37. The van der Waals surface area contributed by atoms with Gasteiger partial charge in [0.1, 0.15) is 5.57 Å². The highest BCUT2D eigenvalue weighted by Gasteiger charge is 2.26. The number of nitrogens with zero attached hydrogens (tertiary/aromatic N) is 2. The Hall–Kier alpha value is -3.62. The first-order valence-corrected chi connectivity index (χ1v) is 9.36. The van der Waals surface area contributed by atoms with Gasteiger partial charge in [-0.1, -0.05) is 48.6 Å². The molecule has 2 amide bonds. The predicted molar refractivity (Wildman–Crippen MR) is 120 cm³/mol. The van der Waals surface area contributed by atoms with E-state index in [-0.39, 0.29) is 5.57 Å². The molecular weight excluding hydrogens is 360 g/mol. The molecule has 0 spiro atoms. The van der Waals surface area contributed by atoms with E-state index in [2.05, 4.69) is 18.9 Å². The number of hydrogen-bond acceptors (Lipinski definition) is 2. The van der Waals surface area contributed by atoms with Gasteiger partial charge in [0.25, 0.3) is 11.8 Å². The quantitative estimate of drug-likeness (QED) is 0.212. The van der Waals surface area contributed by atoms with Crippen molar-refractivity contribution in [1.29, 1.82) is 0 Å². The number of carbonyl (C=O) groups is 2. The van der Waals surface area contributed by atoms with E-state index >= 15 is 0 Å². The van der Waals surface area contributed by atoms with Crippen LogP contribution in [0, 0.1) is 0 Å². The molecule has 29 heavy (non-hydrogen) atoms. The first kappa shape index (κ1) is 21.7. The van der Waals surface area contributed by atoms with Crippen LogP contribution in [0.2, 0.25) is 0 Å². The molecule has 0 bridgehead atoms. The number of anilines is 2. The second-order valence-corrected chi connectivity index (χ2v) is 6.49. The van der Waals surface area contributed by atoms with Crippen molar-refractivity contribution in [2.45, 2.75) is 12.8 Å². The standard InChI is InChI=1S/C25H26N2O2/c1-5-13-20(14-6-2)19-23(24(28)26(3)21-15-9-7-10-16-21)25(29)27(4)22-17-11-8-12-18-22/h5-12,15-18H,1-2,13-14H2,3-4H3. The summed E-state index contributed by atoms with van der Waals surface area (Å²) in [4.78, 5) is 29.5. The number of para-hydroxylation sites is 2. The highest BCUT2D eigenvalue weighted by atomic mass is 16.2. The first-order chi connectivity index (χ1) is 14.0. The van der Waals surface area contributed by atoms with Crippen LogP contribution < -0.4 is 9.80 Å². The van der Waals surface area contributed by atoms with Crippen LogP contribution in [0.5, 0.6) is 0 Å².